The Bertz CT molecular complexity index is 566. The highest BCUT2D eigenvalue weighted by molar-refractivity contribution is 6.15. The number of imide groups is 1. The number of hydrogen-bond acceptors (Lipinski definition) is 5. The number of carbonyl (C=O) groups is 3. The molecule has 0 aliphatic rings. The molecule has 0 saturated carbocycles. The van der Waals surface area contributed by atoms with Gasteiger partial charge in [-0.05, 0) is 19.1 Å². The second-order valence-electron chi connectivity index (χ2n) is 4.72. The number of ether oxygens (including phenoxy) is 2. The second kappa shape index (κ2) is 8.92. The van der Waals surface area contributed by atoms with E-state index in [4.69, 9.17) is 9.47 Å². The topological polar surface area (TPSA) is 72.9 Å². The van der Waals surface area contributed by atoms with Gasteiger partial charge in [0.05, 0.1) is 12.3 Å². The molecule has 1 rings (SSSR count). The van der Waals surface area contributed by atoms with Crippen molar-refractivity contribution in [2.45, 2.75) is 47.0 Å². The SMILES string of the molecule is CCOc1ccc(N(C(=O)CC)C(=O)CC)c(OC(=O)CC)c1. The summed E-state index contributed by atoms with van der Waals surface area (Å²) >= 11 is 0. The Morgan fingerprint density at radius 2 is 1.57 bits per heavy atom. The average molecular weight is 321 g/mol. The largest absolute Gasteiger partial charge is 0.494 e. The van der Waals surface area contributed by atoms with Crippen molar-refractivity contribution in [3.05, 3.63) is 18.2 Å². The van der Waals surface area contributed by atoms with Crippen LogP contribution in [0.4, 0.5) is 5.69 Å². The van der Waals surface area contributed by atoms with E-state index in [1.54, 1.807) is 32.9 Å². The number of benzene rings is 1. The molecule has 0 aromatic heterocycles. The van der Waals surface area contributed by atoms with Crippen molar-refractivity contribution in [1.82, 2.24) is 0 Å². The zero-order chi connectivity index (χ0) is 17.4. The summed E-state index contributed by atoms with van der Waals surface area (Å²) in [5, 5.41) is 0. The fourth-order valence-electron chi connectivity index (χ4n) is 1.94. The number of carbonyl (C=O) groups excluding carboxylic acids is 3. The molecule has 23 heavy (non-hydrogen) atoms. The fraction of sp³-hybridized carbons (Fsp3) is 0.471. The van der Waals surface area contributed by atoms with E-state index in [1.165, 1.54) is 6.07 Å². The summed E-state index contributed by atoms with van der Waals surface area (Å²) in [7, 11) is 0. The summed E-state index contributed by atoms with van der Waals surface area (Å²) in [5.41, 5.74) is 0.258. The quantitative estimate of drug-likeness (QED) is 0.570. The molecule has 0 heterocycles. The van der Waals surface area contributed by atoms with Crippen LogP contribution in [-0.4, -0.2) is 24.4 Å². The van der Waals surface area contributed by atoms with Gasteiger partial charge < -0.3 is 9.47 Å². The van der Waals surface area contributed by atoms with E-state index in [-0.39, 0.29) is 42.5 Å². The van der Waals surface area contributed by atoms with Crippen LogP contribution in [0.25, 0.3) is 0 Å². The Morgan fingerprint density at radius 1 is 0.957 bits per heavy atom. The van der Waals surface area contributed by atoms with Crippen LogP contribution in [0.2, 0.25) is 0 Å². The third-order valence-corrected chi connectivity index (χ3v) is 3.10. The van der Waals surface area contributed by atoms with Crippen LogP contribution < -0.4 is 14.4 Å². The van der Waals surface area contributed by atoms with Crippen LogP contribution in [-0.2, 0) is 14.4 Å². The van der Waals surface area contributed by atoms with Gasteiger partial charge in [0, 0.05) is 25.3 Å². The average Bonchev–Trinajstić information content (AvgIpc) is 2.56. The number of nitrogens with zero attached hydrogens (tertiary/aromatic N) is 1. The molecular formula is C17H23NO5. The van der Waals surface area contributed by atoms with E-state index >= 15 is 0 Å². The third kappa shape index (κ3) is 4.81. The van der Waals surface area contributed by atoms with Gasteiger partial charge in [0.25, 0.3) is 0 Å². The summed E-state index contributed by atoms with van der Waals surface area (Å²) in [6.45, 7) is 7.29. The minimum Gasteiger partial charge on any atom is -0.494 e. The van der Waals surface area contributed by atoms with Crippen molar-refractivity contribution in [2.24, 2.45) is 0 Å². The van der Waals surface area contributed by atoms with Gasteiger partial charge in [-0.25, -0.2) is 4.90 Å². The first-order chi connectivity index (χ1) is 11.0. The maximum Gasteiger partial charge on any atom is 0.310 e. The molecule has 0 bridgehead atoms. The molecule has 6 heteroatoms. The van der Waals surface area contributed by atoms with Crippen LogP contribution in [0.3, 0.4) is 0 Å². The third-order valence-electron chi connectivity index (χ3n) is 3.10. The maximum atomic E-state index is 12.2. The van der Waals surface area contributed by atoms with E-state index in [0.29, 0.717) is 12.4 Å². The Labute approximate surface area is 136 Å². The Balaban J connectivity index is 3.36. The minimum absolute atomic E-state index is 0.145. The number of hydrogen-bond donors (Lipinski definition) is 0. The van der Waals surface area contributed by atoms with Crippen LogP contribution >= 0.6 is 0 Å². The molecule has 0 radical (unpaired) electrons. The lowest BCUT2D eigenvalue weighted by molar-refractivity contribution is -0.134. The highest BCUT2D eigenvalue weighted by Gasteiger charge is 2.25. The molecule has 0 spiro atoms. The predicted octanol–water partition coefficient (Wildman–Crippen LogP) is 3.08. The molecule has 0 unspecified atom stereocenters. The highest BCUT2D eigenvalue weighted by Crippen LogP contribution is 2.34. The van der Waals surface area contributed by atoms with Gasteiger partial charge in [-0.3, -0.25) is 14.4 Å². The first kappa shape index (κ1) is 18.7. The normalized spacial score (nSPS) is 10.1. The standard InChI is InChI=1S/C17H23NO5/c1-5-15(19)18(16(20)6-2)13-10-9-12(22-8-4)11-14(13)23-17(21)7-3/h9-11H,5-8H2,1-4H3. The Morgan fingerprint density at radius 3 is 2.04 bits per heavy atom. The van der Waals surface area contributed by atoms with Crippen molar-refractivity contribution in [3.63, 3.8) is 0 Å². The molecule has 1 aromatic carbocycles. The van der Waals surface area contributed by atoms with E-state index < -0.39 is 5.97 Å². The van der Waals surface area contributed by atoms with E-state index in [2.05, 4.69) is 0 Å². The minimum atomic E-state index is -0.451. The van der Waals surface area contributed by atoms with Crippen molar-refractivity contribution < 1.29 is 23.9 Å². The van der Waals surface area contributed by atoms with Gasteiger partial charge in [0.15, 0.2) is 5.75 Å². The molecule has 0 saturated heterocycles. The predicted molar refractivity (Wildman–Crippen MR) is 86.6 cm³/mol. The summed E-state index contributed by atoms with van der Waals surface area (Å²) in [6.07, 6.45) is 0.516. The van der Waals surface area contributed by atoms with Gasteiger partial charge in [0.1, 0.15) is 5.75 Å². The van der Waals surface area contributed by atoms with Crippen LogP contribution in [0.5, 0.6) is 11.5 Å². The monoisotopic (exact) mass is 321 g/mol. The number of amides is 2. The van der Waals surface area contributed by atoms with E-state index in [0.717, 1.165) is 4.90 Å². The van der Waals surface area contributed by atoms with Gasteiger partial charge in [-0.15, -0.1) is 0 Å². The first-order valence-electron chi connectivity index (χ1n) is 7.81. The van der Waals surface area contributed by atoms with Crippen molar-refractivity contribution in [3.8, 4) is 11.5 Å². The molecule has 1 aromatic rings. The molecule has 0 fully saturated rings. The number of rotatable bonds is 7. The first-order valence-corrected chi connectivity index (χ1v) is 7.81. The zero-order valence-electron chi connectivity index (χ0n) is 14.0. The van der Waals surface area contributed by atoms with Gasteiger partial charge in [-0.1, -0.05) is 20.8 Å². The number of anilines is 1. The van der Waals surface area contributed by atoms with Gasteiger partial charge in [0.2, 0.25) is 11.8 Å². The van der Waals surface area contributed by atoms with Crippen molar-refractivity contribution in [2.75, 3.05) is 11.5 Å². The smallest absolute Gasteiger partial charge is 0.310 e. The van der Waals surface area contributed by atoms with Crippen LogP contribution in [0.15, 0.2) is 18.2 Å². The molecule has 0 aliphatic carbocycles. The molecular weight excluding hydrogens is 298 g/mol. The number of esters is 1. The summed E-state index contributed by atoms with van der Waals surface area (Å²) in [5.74, 6) is -0.508. The van der Waals surface area contributed by atoms with Crippen molar-refractivity contribution in [1.29, 1.82) is 0 Å². The maximum absolute atomic E-state index is 12.2. The highest BCUT2D eigenvalue weighted by atomic mass is 16.5. The van der Waals surface area contributed by atoms with E-state index in [9.17, 15) is 14.4 Å². The summed E-state index contributed by atoms with van der Waals surface area (Å²) in [6, 6.07) is 4.72. The molecule has 0 aliphatic heterocycles. The lowest BCUT2D eigenvalue weighted by Gasteiger charge is -2.22. The zero-order valence-corrected chi connectivity index (χ0v) is 14.0. The molecule has 0 atom stereocenters. The van der Waals surface area contributed by atoms with Crippen molar-refractivity contribution >= 4 is 23.5 Å². The summed E-state index contributed by atoms with van der Waals surface area (Å²) < 4.78 is 10.7. The van der Waals surface area contributed by atoms with Crippen LogP contribution in [0.1, 0.15) is 47.0 Å². The molecule has 2 amide bonds. The Kier molecular flexibility index (Phi) is 7.25. The summed E-state index contributed by atoms with van der Waals surface area (Å²) in [4.78, 5) is 37.0. The van der Waals surface area contributed by atoms with Gasteiger partial charge >= 0.3 is 5.97 Å². The van der Waals surface area contributed by atoms with E-state index in [1.807, 2.05) is 6.92 Å². The Hall–Kier alpha value is -2.37. The molecule has 6 nitrogen and oxygen atoms in total. The lowest BCUT2D eigenvalue weighted by atomic mass is 10.2. The molecule has 0 N–H and O–H groups in total. The lowest BCUT2D eigenvalue weighted by Crippen LogP contribution is -2.36. The van der Waals surface area contributed by atoms with Crippen LogP contribution in [0, 0.1) is 0 Å². The fourth-order valence-corrected chi connectivity index (χ4v) is 1.94. The molecule has 126 valence electrons. The second-order valence-corrected chi connectivity index (χ2v) is 4.72. The van der Waals surface area contributed by atoms with Gasteiger partial charge in [-0.2, -0.15) is 0 Å².